The highest BCUT2D eigenvalue weighted by Crippen LogP contribution is 2.28. The standard InChI is InChI=1S/C14H19N3O2/c1-2-4-13(18)16-17-9-11(8-14(17)19)10-5-3-6-12(15)7-10/h3,5-7,11H,2,4,8-9,15H2,1H3,(H,16,18). The van der Waals surface area contributed by atoms with E-state index >= 15 is 0 Å². The number of benzene rings is 1. The molecular weight excluding hydrogens is 242 g/mol. The van der Waals surface area contributed by atoms with E-state index in [0.717, 1.165) is 12.0 Å². The summed E-state index contributed by atoms with van der Waals surface area (Å²) in [4.78, 5) is 23.4. The molecule has 0 spiro atoms. The SMILES string of the molecule is CCCC(=O)NN1CC(c2cccc(N)c2)CC1=O. The van der Waals surface area contributed by atoms with Gasteiger partial charge in [-0.05, 0) is 24.1 Å². The van der Waals surface area contributed by atoms with Crippen LogP contribution in [0.4, 0.5) is 5.69 Å². The van der Waals surface area contributed by atoms with Gasteiger partial charge in [-0.3, -0.25) is 20.0 Å². The summed E-state index contributed by atoms with van der Waals surface area (Å²) in [5.74, 6) is -0.0566. The van der Waals surface area contributed by atoms with Gasteiger partial charge >= 0.3 is 0 Å². The molecule has 0 saturated carbocycles. The number of nitrogens with one attached hydrogen (secondary N) is 1. The second-order valence-electron chi connectivity index (χ2n) is 4.86. The van der Waals surface area contributed by atoms with Crippen molar-refractivity contribution >= 4 is 17.5 Å². The Labute approximate surface area is 112 Å². The van der Waals surface area contributed by atoms with E-state index in [1.165, 1.54) is 5.01 Å². The van der Waals surface area contributed by atoms with Crippen molar-refractivity contribution in [2.75, 3.05) is 12.3 Å². The Hall–Kier alpha value is -2.04. The molecular formula is C14H19N3O2. The minimum atomic E-state index is -0.107. The highest BCUT2D eigenvalue weighted by atomic mass is 16.2. The second-order valence-corrected chi connectivity index (χ2v) is 4.86. The zero-order valence-electron chi connectivity index (χ0n) is 11.1. The Balaban J connectivity index is 2.01. The minimum Gasteiger partial charge on any atom is -0.399 e. The first kappa shape index (κ1) is 13.4. The summed E-state index contributed by atoms with van der Waals surface area (Å²) in [5.41, 5.74) is 10.1. The van der Waals surface area contributed by atoms with Crippen molar-refractivity contribution in [1.29, 1.82) is 0 Å². The Morgan fingerprint density at radius 3 is 3.00 bits per heavy atom. The highest BCUT2D eigenvalue weighted by Gasteiger charge is 2.31. The Morgan fingerprint density at radius 2 is 2.32 bits per heavy atom. The highest BCUT2D eigenvalue weighted by molar-refractivity contribution is 5.84. The van der Waals surface area contributed by atoms with Crippen LogP contribution in [0, 0.1) is 0 Å². The van der Waals surface area contributed by atoms with E-state index in [9.17, 15) is 9.59 Å². The van der Waals surface area contributed by atoms with Gasteiger partial charge in [-0.2, -0.15) is 0 Å². The molecule has 1 atom stereocenters. The van der Waals surface area contributed by atoms with E-state index in [0.29, 0.717) is 25.1 Å². The summed E-state index contributed by atoms with van der Waals surface area (Å²) < 4.78 is 0. The minimum absolute atomic E-state index is 0.0446. The largest absolute Gasteiger partial charge is 0.399 e. The van der Waals surface area contributed by atoms with E-state index < -0.39 is 0 Å². The summed E-state index contributed by atoms with van der Waals surface area (Å²) in [6.07, 6.45) is 1.62. The van der Waals surface area contributed by atoms with Crippen LogP contribution in [-0.4, -0.2) is 23.4 Å². The number of nitrogens with two attached hydrogens (primary N) is 1. The van der Waals surface area contributed by atoms with Crippen LogP contribution in [0.2, 0.25) is 0 Å². The van der Waals surface area contributed by atoms with Crippen molar-refractivity contribution in [3.8, 4) is 0 Å². The number of hydrogen-bond donors (Lipinski definition) is 2. The van der Waals surface area contributed by atoms with Crippen LogP contribution in [0.15, 0.2) is 24.3 Å². The van der Waals surface area contributed by atoms with Gasteiger partial charge < -0.3 is 5.73 Å². The molecule has 1 aromatic rings. The number of nitrogen functional groups attached to an aromatic ring is 1. The molecule has 1 aliphatic rings. The van der Waals surface area contributed by atoms with Gasteiger partial charge in [-0.15, -0.1) is 0 Å². The van der Waals surface area contributed by atoms with Gasteiger partial charge in [0.2, 0.25) is 11.8 Å². The molecule has 1 heterocycles. The molecule has 1 unspecified atom stereocenters. The van der Waals surface area contributed by atoms with E-state index in [2.05, 4.69) is 5.43 Å². The fraction of sp³-hybridized carbons (Fsp3) is 0.429. The molecule has 2 amide bonds. The van der Waals surface area contributed by atoms with Gasteiger partial charge in [-0.1, -0.05) is 19.1 Å². The lowest BCUT2D eigenvalue weighted by Crippen LogP contribution is -2.42. The normalized spacial score (nSPS) is 18.7. The predicted octanol–water partition coefficient (Wildman–Crippen LogP) is 1.42. The van der Waals surface area contributed by atoms with Gasteiger partial charge in [0.15, 0.2) is 0 Å². The van der Waals surface area contributed by atoms with Crippen molar-refractivity contribution in [2.24, 2.45) is 0 Å². The van der Waals surface area contributed by atoms with E-state index in [1.54, 1.807) is 0 Å². The first-order valence-corrected chi connectivity index (χ1v) is 6.55. The Bertz CT molecular complexity index is 487. The lowest BCUT2D eigenvalue weighted by Gasteiger charge is -2.17. The van der Waals surface area contributed by atoms with Crippen LogP contribution in [0.5, 0.6) is 0 Å². The zero-order chi connectivity index (χ0) is 13.8. The molecule has 1 fully saturated rings. The van der Waals surface area contributed by atoms with E-state index in [4.69, 9.17) is 5.73 Å². The Kier molecular flexibility index (Phi) is 4.04. The molecule has 1 aromatic carbocycles. The average molecular weight is 261 g/mol. The molecule has 0 aliphatic carbocycles. The zero-order valence-corrected chi connectivity index (χ0v) is 11.1. The molecule has 3 N–H and O–H groups in total. The molecule has 0 bridgehead atoms. The predicted molar refractivity (Wildman–Crippen MR) is 73.0 cm³/mol. The van der Waals surface area contributed by atoms with Gasteiger partial charge in [0.25, 0.3) is 0 Å². The fourth-order valence-corrected chi connectivity index (χ4v) is 2.29. The van der Waals surface area contributed by atoms with E-state index in [1.807, 2.05) is 31.2 Å². The third kappa shape index (κ3) is 3.24. The number of amides is 2. The number of carbonyl (C=O) groups excluding carboxylic acids is 2. The topological polar surface area (TPSA) is 75.4 Å². The molecule has 0 radical (unpaired) electrons. The molecule has 5 heteroatoms. The van der Waals surface area contributed by atoms with Crippen molar-refractivity contribution in [3.63, 3.8) is 0 Å². The van der Waals surface area contributed by atoms with E-state index in [-0.39, 0.29) is 17.7 Å². The van der Waals surface area contributed by atoms with Crippen LogP contribution in [0.25, 0.3) is 0 Å². The van der Waals surface area contributed by atoms with Crippen molar-refractivity contribution in [3.05, 3.63) is 29.8 Å². The quantitative estimate of drug-likeness (QED) is 0.805. The molecule has 1 aliphatic heterocycles. The fourth-order valence-electron chi connectivity index (χ4n) is 2.29. The smallest absolute Gasteiger partial charge is 0.241 e. The van der Waals surface area contributed by atoms with Gasteiger partial charge in [0.1, 0.15) is 0 Å². The molecule has 102 valence electrons. The third-order valence-corrected chi connectivity index (χ3v) is 3.24. The lowest BCUT2D eigenvalue weighted by atomic mass is 9.98. The van der Waals surface area contributed by atoms with Crippen LogP contribution < -0.4 is 11.2 Å². The molecule has 19 heavy (non-hydrogen) atoms. The summed E-state index contributed by atoms with van der Waals surface area (Å²) in [5, 5.41) is 1.42. The molecule has 1 saturated heterocycles. The lowest BCUT2D eigenvalue weighted by molar-refractivity contribution is -0.138. The number of anilines is 1. The number of nitrogens with zero attached hydrogens (tertiary/aromatic N) is 1. The van der Waals surface area contributed by atoms with Crippen LogP contribution >= 0.6 is 0 Å². The number of hydrogen-bond acceptors (Lipinski definition) is 3. The average Bonchev–Trinajstić information content (AvgIpc) is 2.71. The van der Waals surface area contributed by atoms with Crippen LogP contribution in [0.3, 0.4) is 0 Å². The van der Waals surface area contributed by atoms with Crippen LogP contribution in [0.1, 0.15) is 37.7 Å². The van der Waals surface area contributed by atoms with Crippen molar-refractivity contribution in [1.82, 2.24) is 10.4 Å². The summed E-state index contributed by atoms with van der Waals surface area (Å²) in [7, 11) is 0. The molecule has 5 nitrogen and oxygen atoms in total. The van der Waals surface area contributed by atoms with Crippen molar-refractivity contribution in [2.45, 2.75) is 32.1 Å². The number of carbonyl (C=O) groups is 2. The molecule has 2 rings (SSSR count). The second kappa shape index (κ2) is 5.73. The maximum Gasteiger partial charge on any atom is 0.241 e. The Morgan fingerprint density at radius 1 is 1.53 bits per heavy atom. The van der Waals surface area contributed by atoms with Crippen molar-refractivity contribution < 1.29 is 9.59 Å². The first-order chi connectivity index (χ1) is 9.10. The van der Waals surface area contributed by atoms with Crippen LogP contribution in [-0.2, 0) is 9.59 Å². The van der Waals surface area contributed by atoms with Gasteiger partial charge in [0, 0.05) is 31.0 Å². The summed E-state index contributed by atoms with van der Waals surface area (Å²) in [6.45, 7) is 2.44. The monoisotopic (exact) mass is 261 g/mol. The first-order valence-electron chi connectivity index (χ1n) is 6.55. The third-order valence-electron chi connectivity index (χ3n) is 3.24. The maximum atomic E-state index is 11.9. The maximum absolute atomic E-state index is 11.9. The van der Waals surface area contributed by atoms with Gasteiger partial charge in [-0.25, -0.2) is 0 Å². The summed E-state index contributed by atoms with van der Waals surface area (Å²) >= 11 is 0. The number of rotatable bonds is 4. The number of hydrazine groups is 1. The molecule has 0 aromatic heterocycles. The van der Waals surface area contributed by atoms with Gasteiger partial charge in [0.05, 0.1) is 0 Å². The summed E-state index contributed by atoms with van der Waals surface area (Å²) in [6, 6.07) is 7.55.